The van der Waals surface area contributed by atoms with Gasteiger partial charge in [-0.25, -0.2) is 0 Å². The summed E-state index contributed by atoms with van der Waals surface area (Å²) < 4.78 is 0. The molecule has 2 aliphatic rings. The molecule has 5 nitrogen and oxygen atoms in total. The standard InChI is InChI=1S/C16H28N2O3/c1-11-6-7-12(2)18(11)13(3)16(21)17-8-4-5-14(10-17)9-15(19)20/h11-14H,4-10H2,1-3H3,(H,19,20). The summed E-state index contributed by atoms with van der Waals surface area (Å²) in [6.45, 7) is 7.76. The summed E-state index contributed by atoms with van der Waals surface area (Å²) in [6.07, 6.45) is 4.32. The van der Waals surface area contributed by atoms with Crippen molar-refractivity contribution in [3.05, 3.63) is 0 Å². The van der Waals surface area contributed by atoms with Gasteiger partial charge in [0.05, 0.1) is 6.04 Å². The molecule has 2 saturated heterocycles. The first-order valence-corrected chi connectivity index (χ1v) is 8.18. The number of amides is 1. The van der Waals surface area contributed by atoms with Gasteiger partial charge >= 0.3 is 5.97 Å². The number of rotatable bonds is 4. The molecule has 0 bridgehead atoms. The number of hydrogen-bond acceptors (Lipinski definition) is 3. The quantitative estimate of drug-likeness (QED) is 0.861. The highest BCUT2D eigenvalue weighted by molar-refractivity contribution is 5.81. The number of carbonyl (C=O) groups is 2. The minimum absolute atomic E-state index is 0.0962. The lowest BCUT2D eigenvalue weighted by Crippen LogP contribution is -2.52. The van der Waals surface area contributed by atoms with Crippen molar-refractivity contribution in [1.82, 2.24) is 9.80 Å². The second kappa shape index (κ2) is 6.77. The largest absolute Gasteiger partial charge is 0.481 e. The minimum Gasteiger partial charge on any atom is -0.481 e. The van der Waals surface area contributed by atoms with Gasteiger partial charge in [0.1, 0.15) is 0 Å². The second-order valence-corrected chi connectivity index (χ2v) is 6.79. The lowest BCUT2D eigenvalue weighted by atomic mass is 9.94. The first kappa shape index (κ1) is 16.3. The van der Waals surface area contributed by atoms with E-state index in [-0.39, 0.29) is 24.3 Å². The number of piperidine rings is 1. The average molecular weight is 296 g/mol. The van der Waals surface area contributed by atoms with Crippen LogP contribution in [0, 0.1) is 5.92 Å². The van der Waals surface area contributed by atoms with Crippen molar-refractivity contribution in [2.75, 3.05) is 13.1 Å². The molecule has 0 spiro atoms. The van der Waals surface area contributed by atoms with Gasteiger partial charge in [-0.1, -0.05) is 0 Å². The van der Waals surface area contributed by atoms with E-state index in [1.807, 2.05) is 11.8 Å². The number of carboxylic acids is 1. The third kappa shape index (κ3) is 3.76. The maximum Gasteiger partial charge on any atom is 0.303 e. The van der Waals surface area contributed by atoms with E-state index in [1.54, 1.807) is 0 Å². The first-order chi connectivity index (χ1) is 9.90. The molecule has 21 heavy (non-hydrogen) atoms. The number of likely N-dealkylation sites (tertiary alicyclic amines) is 2. The topological polar surface area (TPSA) is 60.9 Å². The summed E-state index contributed by atoms with van der Waals surface area (Å²) in [5.41, 5.74) is 0. The zero-order valence-electron chi connectivity index (χ0n) is 13.4. The predicted octanol–water partition coefficient (Wildman–Crippen LogP) is 1.96. The molecule has 1 amide bonds. The Hall–Kier alpha value is -1.10. The summed E-state index contributed by atoms with van der Waals surface area (Å²) in [7, 11) is 0. The van der Waals surface area contributed by atoms with Crippen LogP contribution in [-0.4, -0.2) is 58.0 Å². The van der Waals surface area contributed by atoms with E-state index in [1.165, 1.54) is 0 Å². The van der Waals surface area contributed by atoms with E-state index in [9.17, 15) is 9.59 Å². The van der Waals surface area contributed by atoms with E-state index in [0.29, 0.717) is 18.6 Å². The highest BCUT2D eigenvalue weighted by Gasteiger charge is 2.37. The third-order valence-corrected chi connectivity index (χ3v) is 5.12. The van der Waals surface area contributed by atoms with Gasteiger partial charge in [-0.3, -0.25) is 14.5 Å². The van der Waals surface area contributed by atoms with E-state index < -0.39 is 5.97 Å². The number of carboxylic acid groups (broad SMARTS) is 1. The highest BCUT2D eigenvalue weighted by Crippen LogP contribution is 2.28. The molecular formula is C16H28N2O3. The number of aliphatic carboxylic acids is 1. The van der Waals surface area contributed by atoms with Gasteiger partial charge in [0.25, 0.3) is 0 Å². The summed E-state index contributed by atoms with van der Waals surface area (Å²) in [4.78, 5) is 27.8. The molecular weight excluding hydrogens is 268 g/mol. The Kier molecular flexibility index (Phi) is 5.25. The van der Waals surface area contributed by atoms with E-state index in [0.717, 1.165) is 32.2 Å². The van der Waals surface area contributed by atoms with Gasteiger partial charge in [-0.15, -0.1) is 0 Å². The van der Waals surface area contributed by atoms with Crippen LogP contribution in [0.2, 0.25) is 0 Å². The van der Waals surface area contributed by atoms with Crippen molar-refractivity contribution in [1.29, 1.82) is 0 Å². The Morgan fingerprint density at radius 2 is 1.81 bits per heavy atom. The van der Waals surface area contributed by atoms with E-state index in [2.05, 4.69) is 18.7 Å². The maximum atomic E-state index is 12.7. The van der Waals surface area contributed by atoms with Crippen LogP contribution in [0.1, 0.15) is 52.9 Å². The third-order valence-electron chi connectivity index (χ3n) is 5.12. The Bertz CT molecular complexity index is 389. The Morgan fingerprint density at radius 1 is 1.19 bits per heavy atom. The van der Waals surface area contributed by atoms with Crippen LogP contribution < -0.4 is 0 Å². The zero-order valence-corrected chi connectivity index (χ0v) is 13.4. The van der Waals surface area contributed by atoms with Crippen molar-refractivity contribution in [3.8, 4) is 0 Å². The molecule has 2 fully saturated rings. The van der Waals surface area contributed by atoms with Crippen LogP contribution in [0.15, 0.2) is 0 Å². The first-order valence-electron chi connectivity index (χ1n) is 8.18. The van der Waals surface area contributed by atoms with E-state index >= 15 is 0 Å². The summed E-state index contributed by atoms with van der Waals surface area (Å²) >= 11 is 0. The molecule has 0 aliphatic carbocycles. The smallest absolute Gasteiger partial charge is 0.303 e. The van der Waals surface area contributed by atoms with Gasteiger partial charge in [-0.05, 0) is 52.4 Å². The van der Waals surface area contributed by atoms with Crippen molar-refractivity contribution in [2.45, 2.75) is 71.0 Å². The number of carbonyl (C=O) groups excluding carboxylic acids is 1. The van der Waals surface area contributed by atoms with Crippen LogP contribution in [0.4, 0.5) is 0 Å². The lowest BCUT2D eigenvalue weighted by molar-refractivity contribution is -0.143. The molecule has 0 aromatic heterocycles. The Balaban J connectivity index is 1.96. The van der Waals surface area contributed by atoms with Crippen LogP contribution in [0.3, 0.4) is 0 Å². The molecule has 0 aromatic rings. The number of nitrogens with zero attached hydrogens (tertiary/aromatic N) is 2. The van der Waals surface area contributed by atoms with Crippen LogP contribution in [-0.2, 0) is 9.59 Å². The molecule has 2 rings (SSSR count). The van der Waals surface area contributed by atoms with Crippen LogP contribution in [0.5, 0.6) is 0 Å². The van der Waals surface area contributed by atoms with Crippen molar-refractivity contribution < 1.29 is 14.7 Å². The zero-order chi connectivity index (χ0) is 15.6. The predicted molar refractivity (Wildman–Crippen MR) is 81.0 cm³/mol. The Morgan fingerprint density at radius 3 is 2.38 bits per heavy atom. The van der Waals surface area contributed by atoms with E-state index in [4.69, 9.17) is 5.11 Å². The van der Waals surface area contributed by atoms with Gasteiger partial charge in [0.15, 0.2) is 0 Å². The molecule has 4 atom stereocenters. The van der Waals surface area contributed by atoms with Crippen molar-refractivity contribution >= 4 is 11.9 Å². The SMILES string of the molecule is CC1CCC(C)N1C(C)C(=O)N1CCCC(CC(=O)O)C1. The summed E-state index contributed by atoms with van der Waals surface area (Å²) in [6, 6.07) is 0.818. The number of hydrogen-bond donors (Lipinski definition) is 1. The fraction of sp³-hybridized carbons (Fsp3) is 0.875. The lowest BCUT2D eigenvalue weighted by Gasteiger charge is -2.38. The Labute approximate surface area is 127 Å². The van der Waals surface area contributed by atoms with Gasteiger partial charge in [0.2, 0.25) is 5.91 Å². The molecule has 120 valence electrons. The summed E-state index contributed by atoms with van der Waals surface area (Å²) in [5, 5.41) is 8.93. The molecule has 0 aromatic carbocycles. The molecule has 5 heteroatoms. The molecule has 0 radical (unpaired) electrons. The monoisotopic (exact) mass is 296 g/mol. The molecule has 4 unspecified atom stereocenters. The van der Waals surface area contributed by atoms with Gasteiger partial charge in [0, 0.05) is 31.6 Å². The van der Waals surface area contributed by atoms with Crippen molar-refractivity contribution in [2.24, 2.45) is 5.92 Å². The normalized spacial score (nSPS) is 32.1. The van der Waals surface area contributed by atoms with Crippen LogP contribution in [0.25, 0.3) is 0 Å². The molecule has 2 aliphatic heterocycles. The van der Waals surface area contributed by atoms with Gasteiger partial charge < -0.3 is 10.0 Å². The molecule has 1 N–H and O–H groups in total. The summed E-state index contributed by atoms with van der Waals surface area (Å²) in [5.74, 6) is -0.476. The highest BCUT2D eigenvalue weighted by atomic mass is 16.4. The fourth-order valence-electron chi connectivity index (χ4n) is 4.05. The van der Waals surface area contributed by atoms with Crippen LogP contribution >= 0.6 is 0 Å². The molecule has 0 saturated carbocycles. The minimum atomic E-state index is -0.760. The van der Waals surface area contributed by atoms with Crippen molar-refractivity contribution in [3.63, 3.8) is 0 Å². The molecule has 2 heterocycles. The van der Waals surface area contributed by atoms with Gasteiger partial charge in [-0.2, -0.15) is 0 Å². The average Bonchev–Trinajstić information content (AvgIpc) is 2.76. The fourth-order valence-corrected chi connectivity index (χ4v) is 4.05. The second-order valence-electron chi connectivity index (χ2n) is 6.79. The maximum absolute atomic E-state index is 12.7.